The predicted molar refractivity (Wildman–Crippen MR) is 101 cm³/mol. The van der Waals surface area contributed by atoms with Gasteiger partial charge in [-0.2, -0.15) is 5.10 Å². The van der Waals surface area contributed by atoms with Crippen molar-refractivity contribution in [3.63, 3.8) is 0 Å². The van der Waals surface area contributed by atoms with E-state index in [9.17, 15) is 4.79 Å². The standard InChI is InChI=1S/C18H19Cl2N3O4/c1-12(24)27-17(18(2)7-25-11-26-8-18)16(23-10-21-9-22-23)5-13-3-4-14(19)6-15(13)20/h3-6,9-10,17H,7-8,11H2,1-2H3. The maximum absolute atomic E-state index is 11.9. The van der Waals surface area contributed by atoms with Gasteiger partial charge in [-0.25, -0.2) is 9.67 Å². The summed E-state index contributed by atoms with van der Waals surface area (Å²) in [5, 5.41) is 5.20. The van der Waals surface area contributed by atoms with Crippen LogP contribution in [-0.2, 0) is 19.0 Å². The summed E-state index contributed by atoms with van der Waals surface area (Å²) in [5.41, 5.74) is 0.647. The molecule has 0 bridgehead atoms. The first kappa shape index (κ1) is 19.8. The normalized spacial score (nSPS) is 18.1. The maximum atomic E-state index is 11.9. The second-order valence-corrected chi connectivity index (χ2v) is 7.38. The number of aromatic nitrogens is 3. The van der Waals surface area contributed by atoms with Crippen LogP contribution in [0.15, 0.2) is 30.9 Å². The molecule has 0 spiro atoms. The second-order valence-electron chi connectivity index (χ2n) is 6.53. The van der Waals surface area contributed by atoms with Crippen LogP contribution < -0.4 is 0 Å². The lowest BCUT2D eigenvalue weighted by atomic mass is 9.83. The third-order valence-electron chi connectivity index (χ3n) is 4.16. The van der Waals surface area contributed by atoms with Gasteiger partial charge in [-0.3, -0.25) is 4.79 Å². The lowest BCUT2D eigenvalue weighted by molar-refractivity contribution is -0.191. The topological polar surface area (TPSA) is 75.5 Å². The summed E-state index contributed by atoms with van der Waals surface area (Å²) in [7, 11) is 0. The second kappa shape index (κ2) is 8.39. The minimum Gasteiger partial charge on any atom is -0.455 e. The highest BCUT2D eigenvalue weighted by atomic mass is 35.5. The molecule has 9 heteroatoms. The zero-order chi connectivity index (χ0) is 19.4. The zero-order valence-corrected chi connectivity index (χ0v) is 16.4. The Hall–Kier alpha value is -1.93. The highest BCUT2D eigenvalue weighted by Crippen LogP contribution is 2.36. The van der Waals surface area contributed by atoms with E-state index in [1.807, 2.05) is 6.92 Å². The Morgan fingerprint density at radius 3 is 2.70 bits per heavy atom. The van der Waals surface area contributed by atoms with Crippen molar-refractivity contribution < 1.29 is 19.0 Å². The highest BCUT2D eigenvalue weighted by Gasteiger charge is 2.43. The predicted octanol–water partition coefficient (Wildman–Crippen LogP) is 3.53. The van der Waals surface area contributed by atoms with Crippen molar-refractivity contribution in [1.82, 2.24) is 14.8 Å². The molecule has 2 heterocycles. The van der Waals surface area contributed by atoms with Crippen LogP contribution in [0, 0.1) is 5.41 Å². The molecule has 2 aromatic rings. The van der Waals surface area contributed by atoms with Crippen LogP contribution in [0.25, 0.3) is 11.8 Å². The van der Waals surface area contributed by atoms with E-state index in [-0.39, 0.29) is 6.79 Å². The van der Waals surface area contributed by atoms with Crippen LogP contribution in [0.3, 0.4) is 0 Å². The number of hydrogen-bond donors (Lipinski definition) is 0. The molecule has 3 rings (SSSR count). The van der Waals surface area contributed by atoms with Crippen molar-refractivity contribution in [2.24, 2.45) is 5.41 Å². The summed E-state index contributed by atoms with van der Waals surface area (Å²) < 4.78 is 18.2. The van der Waals surface area contributed by atoms with E-state index in [0.29, 0.717) is 34.5 Å². The summed E-state index contributed by atoms with van der Waals surface area (Å²) in [6.07, 6.45) is 4.02. The van der Waals surface area contributed by atoms with Gasteiger partial charge in [-0.15, -0.1) is 0 Å². The van der Waals surface area contributed by atoms with Crippen molar-refractivity contribution in [2.75, 3.05) is 20.0 Å². The van der Waals surface area contributed by atoms with Crippen LogP contribution in [0.4, 0.5) is 0 Å². The van der Waals surface area contributed by atoms with Crippen molar-refractivity contribution >= 4 is 40.9 Å². The summed E-state index contributed by atoms with van der Waals surface area (Å²) in [6.45, 7) is 4.19. The lowest BCUT2D eigenvalue weighted by Crippen LogP contribution is -2.47. The average Bonchev–Trinajstić information content (AvgIpc) is 3.14. The molecule has 7 nitrogen and oxygen atoms in total. The Bertz CT molecular complexity index is 833. The molecule has 1 aliphatic rings. The average molecular weight is 412 g/mol. The first-order valence-corrected chi connectivity index (χ1v) is 8.99. The van der Waals surface area contributed by atoms with Gasteiger partial charge in [-0.1, -0.05) is 36.2 Å². The molecule has 1 aromatic heterocycles. The number of carbonyl (C=O) groups excluding carboxylic acids is 1. The summed E-state index contributed by atoms with van der Waals surface area (Å²) >= 11 is 12.3. The van der Waals surface area contributed by atoms with Crippen LogP contribution in [0.1, 0.15) is 19.4 Å². The Morgan fingerprint density at radius 1 is 1.37 bits per heavy atom. The molecule has 1 unspecified atom stereocenters. The summed E-state index contributed by atoms with van der Waals surface area (Å²) in [6, 6.07) is 5.15. The maximum Gasteiger partial charge on any atom is 0.303 e. The zero-order valence-electron chi connectivity index (χ0n) is 14.9. The Kier molecular flexibility index (Phi) is 6.16. The van der Waals surface area contributed by atoms with Gasteiger partial charge in [-0.05, 0) is 23.8 Å². The van der Waals surface area contributed by atoms with Crippen LogP contribution in [0.5, 0.6) is 0 Å². The van der Waals surface area contributed by atoms with Crippen LogP contribution in [-0.4, -0.2) is 46.8 Å². The molecule has 27 heavy (non-hydrogen) atoms. The minimum absolute atomic E-state index is 0.202. The third kappa shape index (κ3) is 4.68. The third-order valence-corrected chi connectivity index (χ3v) is 4.73. The molecular weight excluding hydrogens is 393 g/mol. The Morgan fingerprint density at radius 2 is 2.11 bits per heavy atom. The number of ether oxygens (including phenoxy) is 3. The van der Waals surface area contributed by atoms with Crippen molar-refractivity contribution in [2.45, 2.75) is 20.0 Å². The lowest BCUT2D eigenvalue weighted by Gasteiger charge is -2.39. The van der Waals surface area contributed by atoms with E-state index >= 15 is 0 Å². The van der Waals surface area contributed by atoms with Gasteiger partial charge in [0.2, 0.25) is 0 Å². The Labute approximate surface area is 166 Å². The Balaban J connectivity index is 2.11. The molecule has 1 aromatic carbocycles. The van der Waals surface area contributed by atoms with Crippen LogP contribution >= 0.6 is 23.2 Å². The molecule has 1 saturated heterocycles. The van der Waals surface area contributed by atoms with Crippen LogP contribution in [0.2, 0.25) is 10.0 Å². The smallest absolute Gasteiger partial charge is 0.303 e. The number of benzene rings is 1. The largest absolute Gasteiger partial charge is 0.455 e. The van der Waals surface area contributed by atoms with E-state index in [2.05, 4.69) is 10.1 Å². The first-order chi connectivity index (χ1) is 12.9. The van der Waals surface area contributed by atoms with Crippen molar-refractivity contribution in [3.05, 3.63) is 46.5 Å². The molecule has 0 saturated carbocycles. The molecule has 144 valence electrons. The van der Waals surface area contributed by atoms with Gasteiger partial charge < -0.3 is 14.2 Å². The number of nitrogens with zero attached hydrogens (tertiary/aromatic N) is 3. The van der Waals surface area contributed by atoms with Gasteiger partial charge >= 0.3 is 5.97 Å². The molecule has 0 aliphatic carbocycles. The van der Waals surface area contributed by atoms with E-state index in [1.54, 1.807) is 29.0 Å². The molecule has 0 N–H and O–H groups in total. The number of rotatable bonds is 5. The van der Waals surface area contributed by atoms with E-state index in [4.69, 9.17) is 37.4 Å². The van der Waals surface area contributed by atoms with Crippen molar-refractivity contribution in [3.8, 4) is 0 Å². The fourth-order valence-electron chi connectivity index (χ4n) is 2.91. The van der Waals surface area contributed by atoms with Gasteiger partial charge in [0.05, 0.1) is 24.3 Å². The van der Waals surface area contributed by atoms with E-state index in [1.165, 1.54) is 19.6 Å². The number of hydrogen-bond acceptors (Lipinski definition) is 6. The minimum atomic E-state index is -0.705. The highest BCUT2D eigenvalue weighted by molar-refractivity contribution is 6.35. The van der Waals surface area contributed by atoms with Crippen molar-refractivity contribution in [1.29, 1.82) is 0 Å². The first-order valence-electron chi connectivity index (χ1n) is 8.23. The summed E-state index contributed by atoms with van der Waals surface area (Å²) in [4.78, 5) is 15.9. The van der Waals surface area contributed by atoms with Gasteiger partial charge in [0, 0.05) is 17.0 Å². The molecule has 1 fully saturated rings. The summed E-state index contributed by atoms with van der Waals surface area (Å²) in [5.74, 6) is -0.431. The van der Waals surface area contributed by atoms with E-state index in [0.717, 1.165) is 0 Å². The van der Waals surface area contributed by atoms with E-state index < -0.39 is 17.5 Å². The number of esters is 1. The molecule has 1 atom stereocenters. The fourth-order valence-corrected chi connectivity index (χ4v) is 3.37. The molecule has 0 radical (unpaired) electrons. The van der Waals surface area contributed by atoms with Gasteiger partial charge in [0.1, 0.15) is 19.4 Å². The molecule has 1 aliphatic heterocycles. The molecular formula is C18H19Cl2N3O4. The number of carbonyl (C=O) groups is 1. The van der Waals surface area contributed by atoms with Gasteiger partial charge in [0.15, 0.2) is 6.10 Å². The fraction of sp³-hybridized carbons (Fsp3) is 0.389. The number of halogens is 2. The molecule has 0 amide bonds. The SMILES string of the molecule is CC(=O)OC(C(=Cc1ccc(Cl)cc1Cl)n1cncn1)C1(C)COCOC1. The van der Waals surface area contributed by atoms with Gasteiger partial charge in [0.25, 0.3) is 0 Å². The quantitative estimate of drug-likeness (QED) is 0.700. The monoisotopic (exact) mass is 411 g/mol.